The van der Waals surface area contributed by atoms with Crippen LogP contribution in [-0.4, -0.2) is 27.8 Å². The number of aromatic nitrogens is 3. The number of carbonyl (C=O) groups excluding carboxylic acids is 1. The predicted octanol–water partition coefficient (Wildman–Crippen LogP) is 3.92. The number of benzene rings is 2. The normalized spacial score (nSPS) is 10.7. The van der Waals surface area contributed by atoms with Crippen molar-refractivity contribution in [2.75, 3.05) is 12.4 Å². The van der Waals surface area contributed by atoms with E-state index in [4.69, 9.17) is 9.47 Å². The van der Waals surface area contributed by atoms with E-state index < -0.39 is 5.97 Å². The first kappa shape index (κ1) is 21.0. The lowest BCUT2D eigenvalue weighted by atomic mass is 10.1. The molecule has 0 aliphatic heterocycles. The summed E-state index contributed by atoms with van der Waals surface area (Å²) in [6.45, 7) is 2.16. The second kappa shape index (κ2) is 9.30. The van der Waals surface area contributed by atoms with Crippen LogP contribution in [-0.2, 0) is 17.9 Å². The van der Waals surface area contributed by atoms with Gasteiger partial charge in [0.05, 0.1) is 19.0 Å². The Morgan fingerprint density at radius 3 is 2.59 bits per heavy atom. The highest BCUT2D eigenvalue weighted by atomic mass is 16.5. The molecule has 0 spiro atoms. The number of aryl methyl sites for hydroxylation is 1. The van der Waals surface area contributed by atoms with Crippen LogP contribution >= 0.6 is 0 Å². The molecule has 32 heavy (non-hydrogen) atoms. The summed E-state index contributed by atoms with van der Waals surface area (Å²) in [7, 11) is 1.59. The van der Waals surface area contributed by atoms with Gasteiger partial charge in [0.15, 0.2) is 5.69 Å². The number of hydrogen-bond acceptors (Lipinski definition) is 7. The molecule has 2 aromatic carbocycles. The number of methoxy groups -OCH3 is 1. The largest absolute Gasteiger partial charge is 0.497 e. The minimum atomic E-state index is -0.623. The van der Waals surface area contributed by atoms with Gasteiger partial charge in [0.1, 0.15) is 18.0 Å². The van der Waals surface area contributed by atoms with Gasteiger partial charge in [-0.05, 0) is 24.6 Å². The van der Waals surface area contributed by atoms with E-state index in [2.05, 4.69) is 15.4 Å². The van der Waals surface area contributed by atoms with E-state index in [0.29, 0.717) is 12.2 Å². The van der Waals surface area contributed by atoms with Crippen molar-refractivity contribution < 1.29 is 14.3 Å². The lowest BCUT2D eigenvalue weighted by Gasteiger charge is -2.12. The number of esters is 1. The van der Waals surface area contributed by atoms with E-state index in [-0.39, 0.29) is 23.5 Å². The van der Waals surface area contributed by atoms with Gasteiger partial charge in [-0.25, -0.2) is 9.48 Å². The zero-order valence-electron chi connectivity index (χ0n) is 17.7. The Morgan fingerprint density at radius 2 is 1.84 bits per heavy atom. The summed E-state index contributed by atoms with van der Waals surface area (Å²) >= 11 is 0. The number of ether oxygens (including phenoxy) is 2. The third-order valence-electron chi connectivity index (χ3n) is 4.95. The maximum absolute atomic E-state index is 12.8. The molecule has 0 saturated heterocycles. The number of pyridine rings is 1. The highest BCUT2D eigenvalue weighted by Gasteiger charge is 2.16. The molecule has 4 aromatic rings. The molecular formula is C24H22N4O4. The lowest BCUT2D eigenvalue weighted by Crippen LogP contribution is -2.27. The molecule has 0 aliphatic carbocycles. The summed E-state index contributed by atoms with van der Waals surface area (Å²) in [5, 5.41) is 9.10. The molecule has 2 aromatic heterocycles. The predicted molar refractivity (Wildman–Crippen MR) is 121 cm³/mol. The average Bonchev–Trinajstić information content (AvgIpc) is 2.84. The second-order valence-corrected chi connectivity index (χ2v) is 7.02. The van der Waals surface area contributed by atoms with Crippen LogP contribution < -0.4 is 15.6 Å². The maximum atomic E-state index is 12.8. The van der Waals surface area contributed by atoms with Crippen LogP contribution in [0.1, 0.15) is 23.0 Å². The van der Waals surface area contributed by atoms with Gasteiger partial charge < -0.3 is 14.8 Å². The summed E-state index contributed by atoms with van der Waals surface area (Å²) in [6, 6.07) is 16.3. The number of nitrogens with one attached hydrogen (secondary N) is 1. The zero-order valence-corrected chi connectivity index (χ0v) is 17.7. The molecule has 0 saturated carbocycles. The fraction of sp³-hybridized carbons (Fsp3) is 0.167. The van der Waals surface area contributed by atoms with Crippen molar-refractivity contribution in [2.45, 2.75) is 20.1 Å². The van der Waals surface area contributed by atoms with Crippen LogP contribution in [0.4, 0.5) is 11.4 Å². The Bertz CT molecular complexity index is 1310. The van der Waals surface area contributed by atoms with Crippen molar-refractivity contribution in [3.05, 3.63) is 88.6 Å². The van der Waals surface area contributed by atoms with Crippen molar-refractivity contribution >= 4 is 28.1 Å². The van der Waals surface area contributed by atoms with Crippen molar-refractivity contribution in [3.63, 3.8) is 0 Å². The van der Waals surface area contributed by atoms with Crippen LogP contribution in [0.25, 0.3) is 10.8 Å². The molecule has 0 radical (unpaired) electrons. The number of anilines is 2. The Kier molecular flexibility index (Phi) is 6.12. The third-order valence-corrected chi connectivity index (χ3v) is 4.95. The summed E-state index contributed by atoms with van der Waals surface area (Å²) < 4.78 is 11.8. The minimum Gasteiger partial charge on any atom is -0.497 e. The molecule has 0 fully saturated rings. The molecule has 0 aliphatic rings. The molecule has 2 heterocycles. The van der Waals surface area contributed by atoms with Gasteiger partial charge in [-0.1, -0.05) is 36.4 Å². The standard InChI is InChI=1S/C24H22N4O4/c1-3-28-23(29)20(26-22-14-25-13-17-6-4-5-7-19(17)22)12-21(27-28)24(30)32-15-16-8-10-18(31-2)11-9-16/h4-14,26H,3,15H2,1-2H3. The fourth-order valence-electron chi connectivity index (χ4n) is 3.25. The van der Waals surface area contributed by atoms with E-state index in [0.717, 1.165) is 22.1 Å². The Hall–Kier alpha value is -4.20. The molecule has 0 amide bonds. The Morgan fingerprint density at radius 1 is 1.06 bits per heavy atom. The smallest absolute Gasteiger partial charge is 0.359 e. The molecule has 8 heteroatoms. The third kappa shape index (κ3) is 4.44. The van der Waals surface area contributed by atoms with E-state index in [1.165, 1.54) is 10.7 Å². The van der Waals surface area contributed by atoms with Crippen LogP contribution in [0.3, 0.4) is 0 Å². The summed E-state index contributed by atoms with van der Waals surface area (Å²) in [6.07, 6.45) is 3.39. The van der Waals surface area contributed by atoms with Gasteiger partial charge in [-0.3, -0.25) is 9.78 Å². The number of rotatable bonds is 7. The molecule has 0 unspecified atom stereocenters. The summed E-state index contributed by atoms with van der Waals surface area (Å²) in [4.78, 5) is 29.7. The van der Waals surface area contributed by atoms with Gasteiger partial charge in [-0.15, -0.1) is 0 Å². The van der Waals surface area contributed by atoms with Crippen molar-refractivity contribution in [3.8, 4) is 5.75 Å². The van der Waals surface area contributed by atoms with Crippen LogP contribution in [0.2, 0.25) is 0 Å². The summed E-state index contributed by atoms with van der Waals surface area (Å²) in [5.74, 6) is 0.0949. The van der Waals surface area contributed by atoms with Gasteiger partial charge in [0.25, 0.3) is 5.56 Å². The van der Waals surface area contributed by atoms with Gasteiger partial charge in [0.2, 0.25) is 0 Å². The second-order valence-electron chi connectivity index (χ2n) is 7.02. The first-order valence-electron chi connectivity index (χ1n) is 10.1. The Labute approximate surface area is 184 Å². The molecule has 0 bridgehead atoms. The first-order chi connectivity index (χ1) is 15.6. The van der Waals surface area contributed by atoms with E-state index in [1.54, 1.807) is 38.6 Å². The SMILES string of the molecule is CCn1nc(C(=O)OCc2ccc(OC)cc2)cc(Nc2cncc3ccccc23)c1=O. The first-order valence-corrected chi connectivity index (χ1v) is 10.1. The van der Waals surface area contributed by atoms with Crippen molar-refractivity contribution in [1.29, 1.82) is 0 Å². The zero-order chi connectivity index (χ0) is 22.5. The number of carbonyl (C=O) groups is 1. The monoisotopic (exact) mass is 430 g/mol. The molecule has 4 rings (SSSR count). The van der Waals surface area contributed by atoms with Crippen LogP contribution in [0.15, 0.2) is 71.8 Å². The molecular weight excluding hydrogens is 408 g/mol. The van der Waals surface area contributed by atoms with Gasteiger partial charge in [-0.2, -0.15) is 5.10 Å². The number of fused-ring (bicyclic) bond motifs is 1. The highest BCUT2D eigenvalue weighted by Crippen LogP contribution is 2.24. The molecule has 1 N–H and O–H groups in total. The van der Waals surface area contributed by atoms with Gasteiger partial charge >= 0.3 is 5.97 Å². The van der Waals surface area contributed by atoms with E-state index in [1.807, 2.05) is 36.4 Å². The molecule has 162 valence electrons. The molecule has 8 nitrogen and oxygen atoms in total. The van der Waals surface area contributed by atoms with E-state index in [9.17, 15) is 9.59 Å². The van der Waals surface area contributed by atoms with Crippen LogP contribution in [0, 0.1) is 0 Å². The average molecular weight is 430 g/mol. The van der Waals surface area contributed by atoms with E-state index >= 15 is 0 Å². The number of nitrogens with zero attached hydrogens (tertiary/aromatic N) is 3. The maximum Gasteiger partial charge on any atom is 0.359 e. The fourth-order valence-corrected chi connectivity index (χ4v) is 3.25. The highest BCUT2D eigenvalue weighted by molar-refractivity contribution is 5.95. The van der Waals surface area contributed by atoms with Crippen molar-refractivity contribution in [1.82, 2.24) is 14.8 Å². The minimum absolute atomic E-state index is 0.0376. The van der Waals surface area contributed by atoms with Gasteiger partial charge in [0, 0.05) is 29.6 Å². The van der Waals surface area contributed by atoms with Crippen molar-refractivity contribution in [2.24, 2.45) is 0 Å². The van der Waals surface area contributed by atoms with Crippen LogP contribution in [0.5, 0.6) is 5.75 Å². The lowest BCUT2D eigenvalue weighted by molar-refractivity contribution is 0.0462. The molecule has 0 atom stereocenters. The summed E-state index contributed by atoms with van der Waals surface area (Å²) in [5.41, 5.74) is 1.38. The topological polar surface area (TPSA) is 95.3 Å². The Balaban J connectivity index is 1.60. The quantitative estimate of drug-likeness (QED) is 0.444. The number of hydrogen-bond donors (Lipinski definition) is 1.